The number of hydrogen-bond acceptors (Lipinski definition) is 7. The summed E-state index contributed by atoms with van der Waals surface area (Å²) in [7, 11) is 0. The largest absolute Gasteiger partial charge is 0.448 e. The second kappa shape index (κ2) is 14.3. The Labute approximate surface area is 233 Å². The molecule has 0 heterocycles. The van der Waals surface area contributed by atoms with Crippen molar-refractivity contribution in [3.63, 3.8) is 0 Å². The maximum Gasteiger partial charge on any atom is 0.303 e. The highest BCUT2D eigenvalue weighted by molar-refractivity contribution is 6.18. The fraction of sp³-hybridized carbons (Fsp3) is 0.414. The van der Waals surface area contributed by atoms with Crippen LogP contribution in [0.15, 0.2) is 48.5 Å². The average Bonchev–Trinajstić information content (AvgIpc) is 2.94. The second-order valence-electron chi connectivity index (χ2n) is 9.34. The molecule has 9 nitrogen and oxygen atoms in total. The number of hydrogen-bond donors (Lipinski definition) is 1. The standard InChI is InChI=1S/C29H32ClN3O6/c1-19(34)38-26(28(36)32-24-12-8-21(18-31)9-13-24)27(39-20(2)35)29(37)33(17-16-30)25-14-10-23(11-15-25)22-6-4-3-5-7-22/h8-15,22,26-27H,3-7,16-17H2,1-2H3,(H,32,36)/t26-,27-/m1/s1. The van der Waals surface area contributed by atoms with Gasteiger partial charge in [0.1, 0.15) is 0 Å². The summed E-state index contributed by atoms with van der Waals surface area (Å²) in [6.07, 6.45) is 2.31. The molecule has 0 unspecified atom stereocenters. The molecule has 0 bridgehead atoms. The molecule has 0 spiro atoms. The zero-order valence-electron chi connectivity index (χ0n) is 22.0. The molecular formula is C29H32ClN3O6. The van der Waals surface area contributed by atoms with Crippen molar-refractivity contribution in [2.24, 2.45) is 0 Å². The third kappa shape index (κ3) is 8.29. The fourth-order valence-corrected chi connectivity index (χ4v) is 4.83. The van der Waals surface area contributed by atoms with Gasteiger partial charge in [-0.05, 0) is 60.7 Å². The van der Waals surface area contributed by atoms with Crippen LogP contribution in [-0.2, 0) is 28.7 Å². The number of carbonyl (C=O) groups is 4. The summed E-state index contributed by atoms with van der Waals surface area (Å²) in [5, 5.41) is 11.5. The van der Waals surface area contributed by atoms with Gasteiger partial charge in [-0.3, -0.25) is 19.2 Å². The molecule has 0 radical (unpaired) electrons. The molecule has 0 aliphatic heterocycles. The topological polar surface area (TPSA) is 126 Å². The molecular weight excluding hydrogens is 522 g/mol. The molecule has 0 saturated heterocycles. The van der Waals surface area contributed by atoms with E-state index in [0.29, 0.717) is 22.9 Å². The van der Waals surface area contributed by atoms with Gasteiger partial charge in [-0.2, -0.15) is 5.26 Å². The molecule has 3 rings (SSSR count). The molecule has 39 heavy (non-hydrogen) atoms. The highest BCUT2D eigenvalue weighted by Crippen LogP contribution is 2.33. The number of alkyl halides is 1. The highest BCUT2D eigenvalue weighted by atomic mass is 35.5. The third-order valence-corrected chi connectivity index (χ3v) is 6.67. The van der Waals surface area contributed by atoms with Crippen molar-refractivity contribution >= 4 is 46.7 Å². The zero-order valence-corrected chi connectivity index (χ0v) is 22.8. The van der Waals surface area contributed by atoms with Crippen LogP contribution in [0, 0.1) is 11.3 Å². The van der Waals surface area contributed by atoms with E-state index in [-0.39, 0.29) is 12.4 Å². The van der Waals surface area contributed by atoms with E-state index in [0.717, 1.165) is 26.7 Å². The number of esters is 2. The van der Waals surface area contributed by atoms with E-state index in [1.54, 1.807) is 12.1 Å². The lowest BCUT2D eigenvalue weighted by atomic mass is 9.84. The van der Waals surface area contributed by atoms with E-state index in [9.17, 15) is 19.2 Å². The minimum Gasteiger partial charge on any atom is -0.448 e. The molecule has 1 saturated carbocycles. The van der Waals surface area contributed by atoms with E-state index in [4.69, 9.17) is 26.3 Å². The molecule has 10 heteroatoms. The molecule has 2 amide bonds. The molecule has 2 atom stereocenters. The van der Waals surface area contributed by atoms with Crippen LogP contribution in [0.2, 0.25) is 0 Å². The summed E-state index contributed by atoms with van der Waals surface area (Å²) in [5.41, 5.74) is 2.36. The van der Waals surface area contributed by atoms with Crippen molar-refractivity contribution in [1.29, 1.82) is 5.26 Å². The predicted octanol–water partition coefficient (Wildman–Crippen LogP) is 4.68. The summed E-state index contributed by atoms with van der Waals surface area (Å²) >= 11 is 6.02. The third-order valence-electron chi connectivity index (χ3n) is 6.50. The predicted molar refractivity (Wildman–Crippen MR) is 146 cm³/mol. The Kier molecular flexibility index (Phi) is 10.9. The van der Waals surface area contributed by atoms with Gasteiger partial charge in [-0.15, -0.1) is 11.6 Å². The second-order valence-corrected chi connectivity index (χ2v) is 9.72. The number of halogens is 1. The summed E-state index contributed by atoms with van der Waals surface area (Å²) in [4.78, 5) is 52.3. The Bertz CT molecular complexity index is 1200. The number of benzene rings is 2. The van der Waals surface area contributed by atoms with Crippen LogP contribution >= 0.6 is 11.6 Å². The summed E-state index contributed by atoms with van der Waals surface area (Å²) in [6.45, 7) is 2.23. The maximum atomic E-state index is 13.8. The molecule has 2 aromatic rings. The first-order valence-electron chi connectivity index (χ1n) is 12.9. The zero-order chi connectivity index (χ0) is 28.4. The van der Waals surface area contributed by atoms with Gasteiger partial charge in [0.05, 0.1) is 11.6 Å². The number of rotatable bonds is 10. The summed E-state index contributed by atoms with van der Waals surface area (Å²) in [5.74, 6) is -2.79. The number of ether oxygens (including phenoxy) is 2. The Morgan fingerprint density at radius 2 is 1.54 bits per heavy atom. The van der Waals surface area contributed by atoms with Crippen LogP contribution in [0.4, 0.5) is 11.4 Å². The number of anilines is 2. The van der Waals surface area contributed by atoms with Crippen molar-refractivity contribution in [1.82, 2.24) is 0 Å². The Hall–Kier alpha value is -3.90. The van der Waals surface area contributed by atoms with Crippen molar-refractivity contribution in [3.05, 3.63) is 59.7 Å². The number of amides is 2. The van der Waals surface area contributed by atoms with Crippen LogP contribution < -0.4 is 10.2 Å². The van der Waals surface area contributed by atoms with E-state index in [2.05, 4.69) is 5.32 Å². The number of carbonyl (C=O) groups excluding carboxylic acids is 4. The van der Waals surface area contributed by atoms with Crippen molar-refractivity contribution < 1.29 is 28.7 Å². The van der Waals surface area contributed by atoms with E-state index < -0.39 is 36.0 Å². The van der Waals surface area contributed by atoms with Crippen LogP contribution in [0.1, 0.15) is 63.0 Å². The lowest BCUT2D eigenvalue weighted by Crippen LogP contribution is -2.53. The molecule has 2 aromatic carbocycles. The van der Waals surface area contributed by atoms with E-state index in [1.165, 1.54) is 54.0 Å². The fourth-order valence-electron chi connectivity index (χ4n) is 4.66. The van der Waals surface area contributed by atoms with E-state index >= 15 is 0 Å². The average molecular weight is 554 g/mol. The summed E-state index contributed by atoms with van der Waals surface area (Å²) < 4.78 is 10.5. The van der Waals surface area contributed by atoms with Gasteiger partial charge in [-0.25, -0.2) is 0 Å². The first-order chi connectivity index (χ1) is 18.7. The molecule has 206 valence electrons. The molecule has 0 aromatic heterocycles. The summed E-state index contributed by atoms with van der Waals surface area (Å²) in [6, 6.07) is 15.5. The Morgan fingerprint density at radius 3 is 2.08 bits per heavy atom. The highest BCUT2D eigenvalue weighted by Gasteiger charge is 2.42. The minimum atomic E-state index is -1.78. The molecule has 1 N–H and O–H groups in total. The quantitative estimate of drug-likeness (QED) is 0.334. The maximum absolute atomic E-state index is 13.8. The van der Waals surface area contributed by atoms with Gasteiger partial charge < -0.3 is 19.7 Å². The number of nitrogens with one attached hydrogen (secondary N) is 1. The van der Waals surface area contributed by atoms with Gasteiger partial charge in [0.2, 0.25) is 12.2 Å². The Morgan fingerprint density at radius 1 is 0.949 bits per heavy atom. The van der Waals surface area contributed by atoms with Crippen LogP contribution in [0.3, 0.4) is 0 Å². The number of nitriles is 1. The van der Waals surface area contributed by atoms with Crippen molar-refractivity contribution in [3.8, 4) is 6.07 Å². The van der Waals surface area contributed by atoms with E-state index in [1.807, 2.05) is 18.2 Å². The first-order valence-corrected chi connectivity index (χ1v) is 13.4. The SMILES string of the molecule is CC(=O)O[C@@H](C(=O)Nc1ccc(C#N)cc1)[C@@H](OC(C)=O)C(=O)N(CCCl)c1ccc(C2CCCCC2)cc1. The minimum absolute atomic E-state index is 0.0605. The molecule has 1 aliphatic carbocycles. The van der Waals surface area contributed by atoms with Crippen molar-refractivity contribution in [2.75, 3.05) is 22.6 Å². The van der Waals surface area contributed by atoms with Crippen LogP contribution in [-0.4, -0.2) is 48.4 Å². The molecule has 1 aliphatic rings. The van der Waals surface area contributed by atoms with Crippen LogP contribution in [0.25, 0.3) is 0 Å². The molecule has 1 fully saturated rings. The van der Waals surface area contributed by atoms with Gasteiger partial charge in [0, 0.05) is 37.6 Å². The lowest BCUT2D eigenvalue weighted by Gasteiger charge is -2.30. The normalized spacial score (nSPS) is 14.8. The van der Waals surface area contributed by atoms with Crippen molar-refractivity contribution in [2.45, 2.75) is 64.1 Å². The smallest absolute Gasteiger partial charge is 0.303 e. The monoisotopic (exact) mass is 553 g/mol. The first kappa shape index (κ1) is 29.7. The number of nitrogens with zero attached hydrogens (tertiary/aromatic N) is 2. The van der Waals surface area contributed by atoms with Gasteiger partial charge in [-0.1, -0.05) is 31.4 Å². The van der Waals surface area contributed by atoms with Crippen LogP contribution in [0.5, 0.6) is 0 Å². The Balaban J connectivity index is 1.90. The van der Waals surface area contributed by atoms with Gasteiger partial charge in [0.25, 0.3) is 11.8 Å². The lowest BCUT2D eigenvalue weighted by molar-refractivity contribution is -0.172. The van der Waals surface area contributed by atoms with Gasteiger partial charge in [0.15, 0.2) is 0 Å². The van der Waals surface area contributed by atoms with Gasteiger partial charge >= 0.3 is 11.9 Å².